The molecule has 0 spiro atoms. The van der Waals surface area contributed by atoms with Crippen LogP contribution in [-0.2, 0) is 24.9 Å². The molecule has 0 aliphatic carbocycles. The van der Waals surface area contributed by atoms with E-state index >= 15 is 0 Å². The van der Waals surface area contributed by atoms with Gasteiger partial charge in [0.15, 0.2) is 12.7 Å². The molecule has 1 aliphatic rings. The number of hydrogen-bond acceptors (Lipinski definition) is 7. The summed E-state index contributed by atoms with van der Waals surface area (Å²) in [7, 11) is -4.74. The van der Waals surface area contributed by atoms with E-state index in [9.17, 15) is 19.0 Å². The number of benzene rings is 2. The summed E-state index contributed by atoms with van der Waals surface area (Å²) >= 11 is 0. The number of fused-ring (bicyclic) bond motifs is 2. The first-order chi connectivity index (χ1) is 24.4. The highest BCUT2D eigenvalue weighted by molar-refractivity contribution is 7.45. The molecule has 2 unspecified atom stereocenters. The summed E-state index contributed by atoms with van der Waals surface area (Å²) in [6, 6.07) is 17.3. The molecule has 0 radical (unpaired) electrons. The number of amides is 2. The van der Waals surface area contributed by atoms with Gasteiger partial charge in [0.05, 0.1) is 30.4 Å². The van der Waals surface area contributed by atoms with Crippen LogP contribution in [0.5, 0.6) is 0 Å². The number of pyridine rings is 1. The van der Waals surface area contributed by atoms with Crippen LogP contribution in [0.2, 0.25) is 0 Å². The predicted molar refractivity (Wildman–Crippen MR) is 195 cm³/mol. The topological polar surface area (TPSA) is 109 Å². The zero-order valence-electron chi connectivity index (χ0n) is 30.0. The van der Waals surface area contributed by atoms with Crippen molar-refractivity contribution in [1.82, 2.24) is 4.90 Å². The smallest absolute Gasteiger partial charge is 0.268 e. The number of phosphoric ester groups is 1. The van der Waals surface area contributed by atoms with Gasteiger partial charge in [-0.05, 0) is 30.7 Å². The molecule has 9 nitrogen and oxygen atoms in total. The Balaban J connectivity index is 1.15. The van der Waals surface area contributed by atoms with Crippen molar-refractivity contribution < 1.29 is 37.4 Å². The van der Waals surface area contributed by atoms with E-state index in [4.69, 9.17) is 13.8 Å². The molecule has 2 atom stereocenters. The maximum atomic E-state index is 13.2. The van der Waals surface area contributed by atoms with Crippen molar-refractivity contribution in [3.05, 3.63) is 78.0 Å². The quantitative estimate of drug-likeness (QED) is 0.0338. The van der Waals surface area contributed by atoms with Gasteiger partial charge in [-0.1, -0.05) is 128 Å². The number of hydrogen-bond donors (Lipinski definition) is 0. The molecular formula is C40H57N2O7P. The van der Waals surface area contributed by atoms with Crippen LogP contribution in [0.3, 0.4) is 0 Å². The SMILES string of the molecule is CCCCCCCCCCCCCCCCCCOCC(COP(=O)([O-])OCC[n+]1cccc2ccccc21)N1C(=O)c2ccccc2C1=O. The molecule has 0 saturated carbocycles. The lowest BCUT2D eigenvalue weighted by Gasteiger charge is -2.29. The fourth-order valence-corrected chi connectivity index (χ4v) is 7.32. The van der Waals surface area contributed by atoms with Gasteiger partial charge in [0.25, 0.3) is 19.6 Å². The standard InChI is InChI=1S/C40H57N2O7P/c1-2-3-4-5-6-7-8-9-10-11-12-13-14-15-16-21-30-47-32-35(42-39(43)36-25-18-19-26-37(36)40(42)44)33-49-50(45,46)48-31-29-41-28-22-24-34-23-17-20-27-38(34)41/h17-20,22-28,35H,2-16,21,29-33H2,1H3. The van der Waals surface area contributed by atoms with Crippen molar-refractivity contribution in [3.8, 4) is 0 Å². The second-order valence-corrected chi connectivity index (χ2v) is 14.8. The maximum absolute atomic E-state index is 13.2. The number of unbranched alkanes of at least 4 members (excludes halogenated alkanes) is 15. The first-order valence-electron chi connectivity index (χ1n) is 18.9. The zero-order chi connectivity index (χ0) is 35.4. The van der Waals surface area contributed by atoms with Crippen molar-refractivity contribution in [2.45, 2.75) is 122 Å². The number of para-hydroxylation sites is 1. The number of rotatable bonds is 27. The van der Waals surface area contributed by atoms with Crippen LogP contribution < -0.4 is 9.46 Å². The Kier molecular flexibility index (Phi) is 17.6. The number of ether oxygens (including phenoxy) is 1. The van der Waals surface area contributed by atoms with Gasteiger partial charge < -0.3 is 18.7 Å². The summed E-state index contributed by atoms with van der Waals surface area (Å²) in [4.78, 5) is 40.3. The fourth-order valence-electron chi connectivity index (χ4n) is 6.59. The van der Waals surface area contributed by atoms with Crippen LogP contribution in [0.4, 0.5) is 0 Å². The third-order valence-electron chi connectivity index (χ3n) is 9.44. The van der Waals surface area contributed by atoms with Crippen LogP contribution in [-0.4, -0.2) is 49.2 Å². The maximum Gasteiger partial charge on any atom is 0.268 e. The molecule has 2 aromatic carbocycles. The normalized spacial score (nSPS) is 14.7. The molecule has 0 fully saturated rings. The fraction of sp³-hybridized carbons (Fsp3) is 0.575. The van der Waals surface area contributed by atoms with Crippen LogP contribution in [0, 0.1) is 0 Å². The highest BCUT2D eigenvalue weighted by atomic mass is 31.2. The highest BCUT2D eigenvalue weighted by Crippen LogP contribution is 2.39. The average Bonchev–Trinajstić information content (AvgIpc) is 3.38. The second-order valence-electron chi connectivity index (χ2n) is 13.4. The molecule has 0 saturated heterocycles. The summed E-state index contributed by atoms with van der Waals surface area (Å²) in [5, 5.41) is 1.03. The average molecular weight is 709 g/mol. The third-order valence-corrected chi connectivity index (χ3v) is 10.4. The summed E-state index contributed by atoms with van der Waals surface area (Å²) < 4.78 is 31.0. The van der Waals surface area contributed by atoms with Crippen LogP contribution in [0.15, 0.2) is 66.9 Å². The minimum absolute atomic E-state index is 0.0317. The Morgan fingerprint density at radius 2 is 1.18 bits per heavy atom. The van der Waals surface area contributed by atoms with E-state index in [1.807, 2.05) is 47.2 Å². The van der Waals surface area contributed by atoms with E-state index in [0.717, 1.165) is 35.1 Å². The van der Waals surface area contributed by atoms with E-state index in [2.05, 4.69) is 6.92 Å². The van der Waals surface area contributed by atoms with Gasteiger partial charge in [0.1, 0.15) is 6.61 Å². The Morgan fingerprint density at radius 3 is 1.78 bits per heavy atom. The van der Waals surface area contributed by atoms with Gasteiger partial charge >= 0.3 is 0 Å². The number of carbonyl (C=O) groups excluding carboxylic acids is 2. The summed E-state index contributed by atoms with van der Waals surface area (Å²) in [6.07, 6.45) is 22.3. The molecule has 10 heteroatoms. The number of imide groups is 1. The Morgan fingerprint density at radius 1 is 0.660 bits per heavy atom. The van der Waals surface area contributed by atoms with Crippen molar-refractivity contribution in [2.24, 2.45) is 0 Å². The predicted octanol–water partition coefficient (Wildman–Crippen LogP) is 8.57. The number of phosphoric acid groups is 1. The first kappa shape index (κ1) is 39.8. The Hall–Kier alpha value is -2.94. The second kappa shape index (κ2) is 22.1. The molecule has 1 aliphatic heterocycles. The Labute approximate surface area is 298 Å². The van der Waals surface area contributed by atoms with Gasteiger partial charge in [0, 0.05) is 24.1 Å². The third kappa shape index (κ3) is 13.0. The molecule has 1 aromatic heterocycles. The van der Waals surface area contributed by atoms with Gasteiger partial charge in [-0.2, -0.15) is 4.57 Å². The number of aromatic nitrogens is 1. The molecule has 0 N–H and O–H groups in total. The lowest BCUT2D eigenvalue weighted by Crippen LogP contribution is -2.45. The van der Waals surface area contributed by atoms with Gasteiger partial charge in [-0.3, -0.25) is 19.1 Å². The Bertz CT molecular complexity index is 1480. The largest absolute Gasteiger partial charge is 0.756 e. The molecule has 50 heavy (non-hydrogen) atoms. The summed E-state index contributed by atoms with van der Waals surface area (Å²) in [5.74, 6) is -0.974. The van der Waals surface area contributed by atoms with Crippen LogP contribution >= 0.6 is 7.82 Å². The molecular weight excluding hydrogens is 651 g/mol. The van der Waals surface area contributed by atoms with Crippen molar-refractivity contribution in [2.75, 3.05) is 26.4 Å². The van der Waals surface area contributed by atoms with Gasteiger partial charge in [-0.25, -0.2) is 0 Å². The molecule has 3 aromatic rings. The van der Waals surface area contributed by atoms with Gasteiger partial charge in [0.2, 0.25) is 5.52 Å². The van der Waals surface area contributed by atoms with Gasteiger partial charge in [-0.15, -0.1) is 0 Å². The zero-order valence-corrected chi connectivity index (χ0v) is 30.9. The molecule has 2 heterocycles. The van der Waals surface area contributed by atoms with E-state index < -0.39 is 32.3 Å². The minimum atomic E-state index is -4.74. The van der Waals surface area contributed by atoms with Crippen molar-refractivity contribution >= 4 is 30.5 Å². The van der Waals surface area contributed by atoms with E-state index in [1.165, 1.54) is 83.5 Å². The van der Waals surface area contributed by atoms with E-state index in [-0.39, 0.29) is 24.3 Å². The molecule has 274 valence electrons. The van der Waals surface area contributed by atoms with E-state index in [1.54, 1.807) is 24.3 Å². The lowest BCUT2D eigenvalue weighted by atomic mass is 10.0. The highest BCUT2D eigenvalue weighted by Gasteiger charge is 2.40. The van der Waals surface area contributed by atoms with Crippen LogP contribution in [0.25, 0.3) is 10.9 Å². The van der Waals surface area contributed by atoms with Crippen LogP contribution in [0.1, 0.15) is 130 Å². The number of nitrogens with zero attached hydrogens (tertiary/aromatic N) is 2. The molecule has 2 amide bonds. The van der Waals surface area contributed by atoms with Crippen molar-refractivity contribution in [3.63, 3.8) is 0 Å². The van der Waals surface area contributed by atoms with Crippen molar-refractivity contribution in [1.29, 1.82) is 0 Å². The van der Waals surface area contributed by atoms with E-state index in [0.29, 0.717) is 13.2 Å². The minimum Gasteiger partial charge on any atom is -0.756 e. The molecule has 4 rings (SSSR count). The first-order valence-corrected chi connectivity index (χ1v) is 20.4. The monoisotopic (exact) mass is 708 g/mol. The number of carbonyl (C=O) groups is 2. The summed E-state index contributed by atoms with van der Waals surface area (Å²) in [5.41, 5.74) is 1.52. The lowest BCUT2D eigenvalue weighted by molar-refractivity contribution is -0.672. The summed E-state index contributed by atoms with van der Waals surface area (Å²) in [6.45, 7) is 2.39. The molecule has 0 bridgehead atoms.